The number of nitrogens with two attached hydrogens (primary N) is 1. The summed E-state index contributed by atoms with van der Waals surface area (Å²) in [7, 11) is 0. The van der Waals surface area contributed by atoms with E-state index in [0.29, 0.717) is 25.8 Å². The summed E-state index contributed by atoms with van der Waals surface area (Å²) in [5, 5.41) is 22.0. The molecule has 1 saturated heterocycles. The molecule has 1 aliphatic heterocycles. The average Bonchev–Trinajstić information content (AvgIpc) is 3.56. The van der Waals surface area contributed by atoms with Crippen molar-refractivity contribution in [2.75, 3.05) is 13.1 Å². The van der Waals surface area contributed by atoms with Crippen molar-refractivity contribution in [1.82, 2.24) is 26.3 Å². The van der Waals surface area contributed by atoms with Gasteiger partial charge in [-0.2, -0.15) is 0 Å². The number of rotatable bonds is 14. The van der Waals surface area contributed by atoms with Crippen molar-refractivity contribution >= 4 is 34.6 Å². The van der Waals surface area contributed by atoms with Crippen LogP contribution in [0.3, 0.4) is 0 Å². The fraction of sp³-hybridized carbons (Fsp3) is 0.556. The van der Waals surface area contributed by atoms with Gasteiger partial charge in [0.05, 0.1) is 6.04 Å². The first kappa shape index (κ1) is 29.1. The molecule has 0 bridgehead atoms. The lowest BCUT2D eigenvalue weighted by molar-refractivity contribution is -0.142. The summed E-state index contributed by atoms with van der Waals surface area (Å²) in [6.07, 6.45) is 4.92. The largest absolute Gasteiger partial charge is 0.480 e. The molecule has 11 nitrogen and oxygen atoms in total. The third kappa shape index (κ3) is 7.78. The Balaban J connectivity index is 1.70. The Kier molecular flexibility index (Phi) is 10.7. The van der Waals surface area contributed by atoms with Crippen molar-refractivity contribution in [3.63, 3.8) is 0 Å². The number of carbonyl (C=O) groups excluding carboxylic acids is 3. The molecule has 1 fully saturated rings. The van der Waals surface area contributed by atoms with Gasteiger partial charge in [-0.05, 0) is 62.7 Å². The molecule has 0 saturated carbocycles. The van der Waals surface area contributed by atoms with Gasteiger partial charge in [0, 0.05) is 23.5 Å². The maximum Gasteiger partial charge on any atom is 0.326 e. The van der Waals surface area contributed by atoms with Crippen LogP contribution in [0.5, 0.6) is 0 Å². The zero-order valence-electron chi connectivity index (χ0n) is 22.1. The molecule has 4 unspecified atom stereocenters. The molecule has 1 aliphatic rings. The van der Waals surface area contributed by atoms with E-state index in [2.05, 4.69) is 26.3 Å². The SMILES string of the molecule is CC(C)C(NC(=O)C1CCCN1)C(=O)NC(CCCCN)C(=O)NC(Cc1c[nH]c2ccccc12)C(=O)O. The standard InChI is InChI=1S/C27H40N6O5/c1-16(2)23(33-24(34)20-11-7-13-29-20)26(36)31-21(10-5-6-12-28)25(35)32-22(27(37)38)14-17-15-30-19-9-4-3-8-18(17)19/h3-4,8-9,15-16,20-23,29-30H,5-7,10-14,28H2,1-2H3,(H,31,36)(H,32,35)(H,33,34)(H,37,38). The topological polar surface area (TPSA) is 178 Å². The predicted octanol–water partition coefficient (Wildman–Crippen LogP) is 0.786. The Labute approximate surface area is 222 Å². The van der Waals surface area contributed by atoms with Gasteiger partial charge in [0.25, 0.3) is 0 Å². The molecule has 2 heterocycles. The van der Waals surface area contributed by atoms with Crippen molar-refractivity contribution in [1.29, 1.82) is 0 Å². The van der Waals surface area contributed by atoms with E-state index in [1.54, 1.807) is 6.20 Å². The third-order valence-electron chi connectivity index (χ3n) is 6.92. The number of aliphatic carboxylic acids is 1. The molecular formula is C27H40N6O5. The number of carboxylic acid groups (broad SMARTS) is 1. The van der Waals surface area contributed by atoms with Crippen LogP contribution in [0.1, 0.15) is 51.5 Å². The number of fused-ring (bicyclic) bond motifs is 1. The number of unbranched alkanes of at least 4 members (excludes halogenated alkanes) is 1. The molecule has 1 aromatic carbocycles. The van der Waals surface area contributed by atoms with E-state index in [4.69, 9.17) is 5.73 Å². The van der Waals surface area contributed by atoms with E-state index in [-0.39, 0.29) is 30.7 Å². The number of hydrogen-bond donors (Lipinski definition) is 7. The minimum atomic E-state index is -1.19. The van der Waals surface area contributed by atoms with E-state index in [1.165, 1.54) is 0 Å². The lowest BCUT2D eigenvalue weighted by Gasteiger charge is -2.27. The monoisotopic (exact) mass is 528 g/mol. The number of carbonyl (C=O) groups is 4. The Hall–Kier alpha value is -3.44. The maximum absolute atomic E-state index is 13.3. The van der Waals surface area contributed by atoms with Gasteiger partial charge in [-0.15, -0.1) is 0 Å². The molecule has 2 aromatic rings. The Bertz CT molecular complexity index is 1110. The molecule has 208 valence electrons. The summed E-state index contributed by atoms with van der Waals surface area (Å²) in [5.41, 5.74) is 7.25. The zero-order chi connectivity index (χ0) is 27.7. The zero-order valence-corrected chi connectivity index (χ0v) is 22.1. The van der Waals surface area contributed by atoms with Crippen molar-refractivity contribution in [2.45, 2.75) is 76.5 Å². The summed E-state index contributed by atoms with van der Waals surface area (Å²) in [5.74, 6) is -2.71. The van der Waals surface area contributed by atoms with E-state index >= 15 is 0 Å². The number of amides is 3. The van der Waals surface area contributed by atoms with Crippen LogP contribution in [0.15, 0.2) is 30.5 Å². The fourth-order valence-corrected chi connectivity index (χ4v) is 4.71. The van der Waals surface area contributed by atoms with E-state index in [1.807, 2.05) is 38.1 Å². The van der Waals surface area contributed by atoms with Crippen LogP contribution in [0, 0.1) is 5.92 Å². The van der Waals surface area contributed by atoms with Crippen molar-refractivity contribution < 1.29 is 24.3 Å². The van der Waals surface area contributed by atoms with Crippen LogP contribution < -0.4 is 27.0 Å². The third-order valence-corrected chi connectivity index (χ3v) is 6.92. The molecule has 1 aromatic heterocycles. The van der Waals surface area contributed by atoms with E-state index in [0.717, 1.165) is 29.4 Å². The van der Waals surface area contributed by atoms with Crippen LogP contribution in [0.2, 0.25) is 0 Å². The summed E-state index contributed by atoms with van der Waals surface area (Å²) in [4.78, 5) is 54.3. The lowest BCUT2D eigenvalue weighted by atomic mass is 10.0. The second-order valence-corrected chi connectivity index (χ2v) is 10.2. The number of aromatic nitrogens is 1. The number of hydrogen-bond acceptors (Lipinski definition) is 6. The Morgan fingerprint density at radius 1 is 1.05 bits per heavy atom. The smallest absolute Gasteiger partial charge is 0.326 e. The summed E-state index contributed by atoms with van der Waals surface area (Å²) < 4.78 is 0. The average molecular weight is 529 g/mol. The van der Waals surface area contributed by atoms with Gasteiger partial charge >= 0.3 is 5.97 Å². The van der Waals surface area contributed by atoms with Gasteiger partial charge in [0.1, 0.15) is 18.1 Å². The normalized spacial score (nSPS) is 17.6. The van der Waals surface area contributed by atoms with Crippen molar-refractivity contribution in [3.8, 4) is 0 Å². The number of H-pyrrole nitrogens is 1. The minimum absolute atomic E-state index is 0.0770. The molecule has 11 heteroatoms. The van der Waals surface area contributed by atoms with Gasteiger partial charge in [0.15, 0.2) is 0 Å². The van der Waals surface area contributed by atoms with Crippen molar-refractivity contribution in [3.05, 3.63) is 36.0 Å². The highest BCUT2D eigenvalue weighted by Crippen LogP contribution is 2.19. The predicted molar refractivity (Wildman–Crippen MR) is 144 cm³/mol. The van der Waals surface area contributed by atoms with Crippen LogP contribution >= 0.6 is 0 Å². The van der Waals surface area contributed by atoms with Crippen LogP contribution in [-0.4, -0.2) is 71.0 Å². The molecule has 0 aliphatic carbocycles. The number of para-hydroxylation sites is 1. The van der Waals surface area contributed by atoms with Crippen LogP contribution in [-0.2, 0) is 25.6 Å². The number of benzene rings is 1. The van der Waals surface area contributed by atoms with Gasteiger partial charge in [-0.25, -0.2) is 4.79 Å². The Morgan fingerprint density at radius 3 is 2.45 bits per heavy atom. The highest BCUT2D eigenvalue weighted by molar-refractivity contribution is 5.94. The number of carboxylic acids is 1. The molecular weight excluding hydrogens is 488 g/mol. The first-order valence-corrected chi connectivity index (χ1v) is 13.3. The summed E-state index contributed by atoms with van der Waals surface area (Å²) in [6, 6.07) is 4.19. The Morgan fingerprint density at radius 2 is 1.79 bits per heavy atom. The first-order chi connectivity index (χ1) is 18.2. The molecule has 3 amide bonds. The van der Waals surface area contributed by atoms with E-state index in [9.17, 15) is 24.3 Å². The second kappa shape index (κ2) is 13.9. The minimum Gasteiger partial charge on any atom is -0.480 e. The van der Waals surface area contributed by atoms with E-state index < -0.39 is 35.9 Å². The number of aromatic amines is 1. The van der Waals surface area contributed by atoms with Crippen molar-refractivity contribution in [2.24, 2.45) is 11.7 Å². The molecule has 0 radical (unpaired) electrons. The van der Waals surface area contributed by atoms with Gasteiger partial charge in [0.2, 0.25) is 17.7 Å². The first-order valence-electron chi connectivity index (χ1n) is 13.3. The van der Waals surface area contributed by atoms with Gasteiger partial charge in [-0.3, -0.25) is 14.4 Å². The molecule has 38 heavy (non-hydrogen) atoms. The highest BCUT2D eigenvalue weighted by Gasteiger charge is 2.32. The second-order valence-electron chi connectivity index (χ2n) is 10.2. The summed E-state index contributed by atoms with van der Waals surface area (Å²) >= 11 is 0. The lowest BCUT2D eigenvalue weighted by Crippen LogP contribution is -2.58. The quantitative estimate of drug-likeness (QED) is 0.177. The van der Waals surface area contributed by atoms with Crippen LogP contribution in [0.4, 0.5) is 0 Å². The summed E-state index contributed by atoms with van der Waals surface area (Å²) in [6.45, 7) is 4.82. The maximum atomic E-state index is 13.3. The highest BCUT2D eigenvalue weighted by atomic mass is 16.4. The van der Waals surface area contributed by atoms with Gasteiger partial charge < -0.3 is 37.1 Å². The fourth-order valence-electron chi connectivity index (χ4n) is 4.71. The number of nitrogens with one attached hydrogen (secondary N) is 5. The molecule has 4 atom stereocenters. The molecule has 0 spiro atoms. The van der Waals surface area contributed by atoms with Crippen LogP contribution in [0.25, 0.3) is 10.9 Å². The molecule has 8 N–H and O–H groups in total. The molecule has 3 rings (SSSR count). The van der Waals surface area contributed by atoms with Gasteiger partial charge in [-0.1, -0.05) is 32.0 Å².